The van der Waals surface area contributed by atoms with Crippen molar-refractivity contribution in [2.24, 2.45) is 7.05 Å². The molecule has 2 heterocycles. The van der Waals surface area contributed by atoms with Crippen LogP contribution in [-0.2, 0) is 7.05 Å². The number of rotatable bonds is 3. The standard InChI is InChI=1S/C21H22N4O3/c1-13-6-5-7-15(18(13)20(27)25-10-3-4-11-25)22-19(26)14-8-9-17-16(12-14)23-21(28)24(17)2/h5-9,12H,3-4,10-11H2,1-2H3,(H,22,26)(H,23,28). The molecule has 0 radical (unpaired) electrons. The summed E-state index contributed by atoms with van der Waals surface area (Å²) in [6.07, 6.45) is 2.02. The number of hydrogen-bond acceptors (Lipinski definition) is 3. The molecule has 1 saturated heterocycles. The van der Waals surface area contributed by atoms with Crippen molar-refractivity contribution in [3.63, 3.8) is 0 Å². The Morgan fingerprint density at radius 1 is 1.11 bits per heavy atom. The monoisotopic (exact) mass is 378 g/mol. The molecule has 1 aliphatic rings. The highest BCUT2D eigenvalue weighted by Crippen LogP contribution is 2.24. The van der Waals surface area contributed by atoms with Crippen LogP contribution in [0, 0.1) is 6.92 Å². The molecule has 0 saturated carbocycles. The lowest BCUT2D eigenvalue weighted by molar-refractivity contribution is 0.0793. The molecule has 7 nitrogen and oxygen atoms in total. The summed E-state index contributed by atoms with van der Waals surface area (Å²) in [7, 11) is 1.67. The second-order valence-corrected chi connectivity index (χ2v) is 7.17. The lowest BCUT2D eigenvalue weighted by atomic mass is 10.0. The zero-order chi connectivity index (χ0) is 19.8. The van der Waals surface area contributed by atoms with Crippen LogP contribution in [0.4, 0.5) is 5.69 Å². The molecule has 144 valence electrons. The van der Waals surface area contributed by atoms with Gasteiger partial charge in [-0.05, 0) is 49.6 Å². The Kier molecular flexibility index (Phi) is 4.50. The van der Waals surface area contributed by atoms with Gasteiger partial charge in [-0.25, -0.2) is 4.79 Å². The second kappa shape index (κ2) is 6.99. The number of benzene rings is 2. The smallest absolute Gasteiger partial charge is 0.326 e. The number of hydrogen-bond donors (Lipinski definition) is 2. The number of anilines is 1. The SMILES string of the molecule is Cc1cccc(NC(=O)c2ccc3c(c2)[nH]c(=O)n3C)c1C(=O)N1CCCC1. The van der Waals surface area contributed by atoms with Gasteiger partial charge in [-0.3, -0.25) is 14.2 Å². The number of likely N-dealkylation sites (tertiary alicyclic amines) is 1. The van der Waals surface area contributed by atoms with E-state index in [0.29, 0.717) is 22.3 Å². The van der Waals surface area contributed by atoms with Gasteiger partial charge in [0.2, 0.25) is 0 Å². The van der Waals surface area contributed by atoms with E-state index in [2.05, 4.69) is 10.3 Å². The quantitative estimate of drug-likeness (QED) is 0.735. The third-order valence-corrected chi connectivity index (χ3v) is 5.29. The van der Waals surface area contributed by atoms with Crippen molar-refractivity contribution in [1.82, 2.24) is 14.5 Å². The Morgan fingerprint density at radius 2 is 1.86 bits per heavy atom. The molecule has 0 spiro atoms. The maximum Gasteiger partial charge on any atom is 0.326 e. The molecule has 1 aromatic heterocycles. The lowest BCUT2D eigenvalue weighted by Crippen LogP contribution is -2.29. The minimum Gasteiger partial charge on any atom is -0.339 e. The minimum atomic E-state index is -0.326. The first-order valence-corrected chi connectivity index (χ1v) is 9.34. The number of nitrogens with one attached hydrogen (secondary N) is 2. The number of imidazole rings is 1. The fourth-order valence-corrected chi connectivity index (χ4v) is 3.71. The molecular weight excluding hydrogens is 356 g/mol. The van der Waals surface area contributed by atoms with Crippen LogP contribution in [0.2, 0.25) is 0 Å². The number of nitrogens with zero attached hydrogens (tertiary/aromatic N) is 2. The number of fused-ring (bicyclic) bond motifs is 1. The molecule has 0 unspecified atom stereocenters. The Balaban J connectivity index is 1.65. The molecule has 2 aromatic carbocycles. The summed E-state index contributed by atoms with van der Waals surface area (Å²) in [5.41, 5.74) is 3.37. The van der Waals surface area contributed by atoms with E-state index in [1.54, 1.807) is 31.3 Å². The molecule has 0 atom stereocenters. The molecule has 4 rings (SSSR count). The highest BCUT2D eigenvalue weighted by molar-refractivity contribution is 6.10. The Morgan fingerprint density at radius 3 is 2.61 bits per heavy atom. The van der Waals surface area contributed by atoms with E-state index in [-0.39, 0.29) is 17.5 Å². The van der Waals surface area contributed by atoms with Gasteiger partial charge in [-0.2, -0.15) is 0 Å². The largest absolute Gasteiger partial charge is 0.339 e. The van der Waals surface area contributed by atoms with Crippen molar-refractivity contribution in [1.29, 1.82) is 0 Å². The Bertz CT molecular complexity index is 1140. The maximum atomic E-state index is 13.0. The predicted octanol–water partition coefficient (Wildman–Crippen LogP) is 2.66. The van der Waals surface area contributed by atoms with E-state index in [1.807, 2.05) is 24.0 Å². The van der Waals surface area contributed by atoms with Crippen molar-refractivity contribution in [3.8, 4) is 0 Å². The van der Waals surface area contributed by atoms with Crippen molar-refractivity contribution >= 4 is 28.5 Å². The van der Waals surface area contributed by atoms with Gasteiger partial charge in [0.05, 0.1) is 22.3 Å². The highest BCUT2D eigenvalue weighted by Gasteiger charge is 2.24. The van der Waals surface area contributed by atoms with Crippen LogP contribution in [0.3, 0.4) is 0 Å². The summed E-state index contributed by atoms with van der Waals surface area (Å²) < 4.78 is 1.49. The third-order valence-electron chi connectivity index (χ3n) is 5.29. The van der Waals surface area contributed by atoms with E-state index in [0.717, 1.165) is 37.0 Å². The highest BCUT2D eigenvalue weighted by atomic mass is 16.2. The third kappa shape index (κ3) is 3.09. The maximum absolute atomic E-state index is 13.0. The molecule has 0 aliphatic carbocycles. The Labute approximate surface area is 162 Å². The first kappa shape index (κ1) is 18.0. The Hall–Kier alpha value is -3.35. The van der Waals surface area contributed by atoms with Crippen molar-refractivity contribution in [3.05, 3.63) is 63.6 Å². The number of aryl methyl sites for hydroxylation is 2. The van der Waals surface area contributed by atoms with Gasteiger partial charge in [0.1, 0.15) is 0 Å². The topological polar surface area (TPSA) is 87.2 Å². The number of aromatic nitrogens is 2. The summed E-state index contributed by atoms with van der Waals surface area (Å²) in [4.78, 5) is 42.1. The lowest BCUT2D eigenvalue weighted by Gasteiger charge is -2.19. The van der Waals surface area contributed by atoms with Crippen LogP contribution < -0.4 is 11.0 Å². The van der Waals surface area contributed by atoms with Crippen molar-refractivity contribution in [2.75, 3.05) is 18.4 Å². The van der Waals surface area contributed by atoms with E-state index >= 15 is 0 Å². The number of carbonyl (C=O) groups excluding carboxylic acids is 2. The molecule has 1 aliphatic heterocycles. The summed E-state index contributed by atoms with van der Waals surface area (Å²) in [6, 6.07) is 10.5. The zero-order valence-electron chi connectivity index (χ0n) is 15.9. The second-order valence-electron chi connectivity index (χ2n) is 7.17. The van der Waals surface area contributed by atoms with Crippen LogP contribution in [-0.4, -0.2) is 39.4 Å². The summed E-state index contributed by atoms with van der Waals surface area (Å²) in [5.74, 6) is -0.374. The normalized spacial score (nSPS) is 13.9. The van der Waals surface area contributed by atoms with E-state index in [4.69, 9.17) is 0 Å². The van der Waals surface area contributed by atoms with E-state index in [1.165, 1.54) is 4.57 Å². The van der Waals surface area contributed by atoms with Gasteiger partial charge < -0.3 is 15.2 Å². The van der Waals surface area contributed by atoms with Crippen LogP contribution in [0.1, 0.15) is 39.1 Å². The summed E-state index contributed by atoms with van der Waals surface area (Å²) in [5, 5.41) is 2.87. The predicted molar refractivity (Wildman–Crippen MR) is 108 cm³/mol. The van der Waals surface area contributed by atoms with Gasteiger partial charge >= 0.3 is 5.69 Å². The molecular formula is C21H22N4O3. The van der Waals surface area contributed by atoms with Gasteiger partial charge in [-0.1, -0.05) is 12.1 Å². The average molecular weight is 378 g/mol. The molecule has 3 aromatic rings. The van der Waals surface area contributed by atoms with Crippen molar-refractivity contribution < 1.29 is 9.59 Å². The first-order chi connectivity index (χ1) is 13.5. The fraction of sp³-hybridized carbons (Fsp3) is 0.286. The molecule has 0 bridgehead atoms. The molecule has 7 heteroatoms. The fourth-order valence-electron chi connectivity index (χ4n) is 3.71. The number of H-pyrrole nitrogens is 1. The minimum absolute atomic E-state index is 0.0475. The summed E-state index contributed by atoms with van der Waals surface area (Å²) >= 11 is 0. The number of carbonyl (C=O) groups is 2. The molecule has 2 N–H and O–H groups in total. The zero-order valence-corrected chi connectivity index (χ0v) is 15.9. The summed E-state index contributed by atoms with van der Waals surface area (Å²) in [6.45, 7) is 3.37. The van der Waals surface area contributed by atoms with Crippen LogP contribution in [0.25, 0.3) is 11.0 Å². The van der Waals surface area contributed by atoms with Gasteiger partial charge in [0.15, 0.2) is 0 Å². The first-order valence-electron chi connectivity index (χ1n) is 9.34. The average Bonchev–Trinajstić information content (AvgIpc) is 3.30. The van der Waals surface area contributed by atoms with Crippen LogP contribution in [0.5, 0.6) is 0 Å². The van der Waals surface area contributed by atoms with Crippen LogP contribution in [0.15, 0.2) is 41.2 Å². The number of amides is 2. The van der Waals surface area contributed by atoms with Gasteiger partial charge in [-0.15, -0.1) is 0 Å². The van der Waals surface area contributed by atoms with Gasteiger partial charge in [0.25, 0.3) is 11.8 Å². The van der Waals surface area contributed by atoms with Crippen molar-refractivity contribution in [2.45, 2.75) is 19.8 Å². The van der Waals surface area contributed by atoms with E-state index in [9.17, 15) is 14.4 Å². The number of aromatic amines is 1. The molecule has 28 heavy (non-hydrogen) atoms. The van der Waals surface area contributed by atoms with Gasteiger partial charge in [0, 0.05) is 25.7 Å². The van der Waals surface area contributed by atoms with Crippen LogP contribution >= 0.6 is 0 Å². The van der Waals surface area contributed by atoms with E-state index < -0.39 is 0 Å². The molecule has 2 amide bonds. The molecule has 1 fully saturated rings.